The van der Waals surface area contributed by atoms with Crippen molar-refractivity contribution in [2.75, 3.05) is 16.6 Å². The highest BCUT2D eigenvalue weighted by Crippen LogP contribution is 2.25. The monoisotopic (exact) mass is 446 g/mol. The Hall–Kier alpha value is -3.31. The smallest absolute Gasteiger partial charge is 0.340 e. The minimum atomic E-state index is -4.13. The number of esters is 1. The molecule has 1 heterocycles. The second-order valence-corrected chi connectivity index (χ2v) is 8.90. The normalized spacial score (nSPS) is 11.0. The quantitative estimate of drug-likeness (QED) is 0.422. The van der Waals surface area contributed by atoms with Crippen LogP contribution in [0.4, 0.5) is 10.8 Å². The van der Waals surface area contributed by atoms with Gasteiger partial charge >= 0.3 is 5.97 Å². The lowest BCUT2D eigenvalue weighted by Crippen LogP contribution is -2.16. The van der Waals surface area contributed by atoms with Crippen LogP contribution in [0.1, 0.15) is 33.2 Å². The van der Waals surface area contributed by atoms with E-state index in [4.69, 9.17) is 4.74 Å². The average molecular weight is 447 g/mol. The minimum absolute atomic E-state index is 0.0283. The molecule has 3 aromatic rings. The van der Waals surface area contributed by atoms with Crippen LogP contribution >= 0.6 is 11.3 Å². The maximum absolute atomic E-state index is 12.7. The Morgan fingerprint density at radius 1 is 1.10 bits per heavy atom. The second-order valence-electron chi connectivity index (χ2n) is 6.07. The average Bonchev–Trinajstić information content (AvgIpc) is 3.18. The van der Waals surface area contributed by atoms with Gasteiger partial charge in [0.1, 0.15) is 0 Å². The van der Waals surface area contributed by atoms with Crippen LogP contribution < -0.4 is 10.0 Å². The van der Waals surface area contributed by atoms with Gasteiger partial charge in [0.2, 0.25) is 5.13 Å². The molecule has 9 nitrogen and oxygen atoms in total. The number of rotatable bonds is 7. The lowest BCUT2D eigenvalue weighted by atomic mass is 10.1. The lowest BCUT2D eigenvalue weighted by molar-refractivity contribution is 0.0527. The van der Waals surface area contributed by atoms with Gasteiger partial charge in [-0.15, -0.1) is 10.2 Å². The van der Waals surface area contributed by atoms with E-state index in [0.717, 1.165) is 5.56 Å². The Morgan fingerprint density at radius 3 is 2.60 bits per heavy atom. The van der Waals surface area contributed by atoms with Crippen molar-refractivity contribution in [2.24, 2.45) is 0 Å². The fourth-order valence-corrected chi connectivity index (χ4v) is 4.45. The van der Waals surface area contributed by atoms with E-state index in [1.807, 2.05) is 13.0 Å². The highest BCUT2D eigenvalue weighted by molar-refractivity contribution is 7.94. The van der Waals surface area contributed by atoms with Crippen molar-refractivity contribution >= 4 is 44.1 Å². The minimum Gasteiger partial charge on any atom is -0.462 e. The number of amides is 1. The summed E-state index contributed by atoms with van der Waals surface area (Å²) in [5.74, 6) is -1.08. The number of nitrogens with zero attached hydrogens (tertiary/aromatic N) is 2. The predicted octanol–water partition coefficient (Wildman–Crippen LogP) is 3.08. The van der Waals surface area contributed by atoms with Crippen molar-refractivity contribution < 1.29 is 22.7 Å². The van der Waals surface area contributed by atoms with Crippen LogP contribution in [0.25, 0.3) is 0 Å². The van der Waals surface area contributed by atoms with E-state index in [2.05, 4.69) is 20.2 Å². The van der Waals surface area contributed by atoms with Crippen LogP contribution in [-0.2, 0) is 14.8 Å². The van der Waals surface area contributed by atoms with E-state index in [-0.39, 0.29) is 27.3 Å². The SMILES string of the molecule is CCOC(=O)c1ccccc1NS(=O)(=O)c1nnc(NC(=O)c2cccc(C)c2)s1. The largest absolute Gasteiger partial charge is 0.462 e. The molecule has 1 aromatic heterocycles. The van der Waals surface area contributed by atoms with Gasteiger partial charge in [-0.2, -0.15) is 8.42 Å². The molecule has 30 heavy (non-hydrogen) atoms. The summed E-state index contributed by atoms with van der Waals surface area (Å²) in [5, 5.41) is 9.93. The summed E-state index contributed by atoms with van der Waals surface area (Å²) in [6, 6.07) is 13.0. The number of hydrogen-bond donors (Lipinski definition) is 2. The highest BCUT2D eigenvalue weighted by Gasteiger charge is 2.24. The number of nitrogens with one attached hydrogen (secondary N) is 2. The van der Waals surface area contributed by atoms with Crippen LogP contribution in [0.15, 0.2) is 52.9 Å². The maximum Gasteiger partial charge on any atom is 0.340 e. The van der Waals surface area contributed by atoms with Crippen LogP contribution in [0.5, 0.6) is 0 Å². The molecule has 0 spiro atoms. The summed E-state index contributed by atoms with van der Waals surface area (Å²) >= 11 is 0.690. The fraction of sp³-hybridized carbons (Fsp3) is 0.158. The van der Waals surface area contributed by atoms with Gasteiger partial charge in [-0.1, -0.05) is 41.2 Å². The fourth-order valence-electron chi connectivity index (χ4n) is 2.47. The van der Waals surface area contributed by atoms with E-state index in [1.54, 1.807) is 37.3 Å². The number of benzene rings is 2. The number of ether oxygens (including phenoxy) is 1. The molecule has 3 rings (SSSR count). The van der Waals surface area contributed by atoms with Crippen molar-refractivity contribution in [1.29, 1.82) is 0 Å². The van der Waals surface area contributed by atoms with E-state index in [9.17, 15) is 18.0 Å². The summed E-state index contributed by atoms with van der Waals surface area (Å²) in [4.78, 5) is 24.4. The molecule has 156 valence electrons. The van der Waals surface area contributed by atoms with Gasteiger partial charge in [0, 0.05) is 5.56 Å². The standard InChI is InChI=1S/C19H18N4O5S2/c1-3-28-17(25)14-9-4-5-10-15(14)23-30(26,27)19-22-21-18(29-19)20-16(24)13-8-6-7-12(2)11-13/h4-11,23H,3H2,1-2H3,(H,20,21,24). The maximum atomic E-state index is 12.7. The zero-order valence-electron chi connectivity index (χ0n) is 16.1. The number of carbonyl (C=O) groups is 2. The Balaban J connectivity index is 1.78. The van der Waals surface area contributed by atoms with Gasteiger partial charge in [-0.3, -0.25) is 14.8 Å². The van der Waals surface area contributed by atoms with Crippen LogP contribution in [0.3, 0.4) is 0 Å². The van der Waals surface area contributed by atoms with Crippen molar-refractivity contribution in [2.45, 2.75) is 18.2 Å². The first-order chi connectivity index (χ1) is 14.3. The topological polar surface area (TPSA) is 127 Å². The first-order valence-electron chi connectivity index (χ1n) is 8.80. The number of aromatic nitrogens is 2. The molecule has 0 unspecified atom stereocenters. The molecule has 0 saturated carbocycles. The van der Waals surface area contributed by atoms with Gasteiger partial charge < -0.3 is 4.74 Å². The lowest BCUT2D eigenvalue weighted by Gasteiger charge is -2.10. The van der Waals surface area contributed by atoms with E-state index >= 15 is 0 Å². The van der Waals surface area contributed by atoms with E-state index < -0.39 is 21.9 Å². The van der Waals surface area contributed by atoms with Gasteiger partial charge in [0.05, 0.1) is 17.9 Å². The zero-order chi connectivity index (χ0) is 21.7. The van der Waals surface area contributed by atoms with E-state index in [1.165, 1.54) is 12.1 Å². The molecule has 0 atom stereocenters. The molecule has 0 radical (unpaired) electrons. The highest BCUT2D eigenvalue weighted by atomic mass is 32.2. The summed E-state index contributed by atoms with van der Waals surface area (Å²) in [5.41, 5.74) is 1.45. The van der Waals surface area contributed by atoms with Crippen molar-refractivity contribution in [3.05, 3.63) is 65.2 Å². The number of aryl methyl sites for hydroxylation is 1. The molecule has 0 aliphatic carbocycles. The third-order valence-corrected chi connectivity index (χ3v) is 6.38. The van der Waals surface area contributed by atoms with E-state index in [0.29, 0.717) is 16.9 Å². The summed E-state index contributed by atoms with van der Waals surface area (Å²) in [6.45, 7) is 3.66. The third kappa shape index (κ3) is 4.99. The summed E-state index contributed by atoms with van der Waals surface area (Å²) < 4.78 is 32.3. The Bertz CT molecular complexity index is 1190. The molecular formula is C19H18N4O5S2. The van der Waals surface area contributed by atoms with Crippen molar-refractivity contribution in [3.8, 4) is 0 Å². The Labute approximate surface area is 177 Å². The molecule has 0 fully saturated rings. The van der Waals surface area contributed by atoms with Gasteiger partial charge in [-0.25, -0.2) is 4.79 Å². The molecule has 1 amide bonds. The van der Waals surface area contributed by atoms with Gasteiger partial charge in [0.25, 0.3) is 20.3 Å². The number of anilines is 2. The molecule has 0 aliphatic heterocycles. The molecule has 0 saturated heterocycles. The van der Waals surface area contributed by atoms with Crippen LogP contribution in [0.2, 0.25) is 0 Å². The van der Waals surface area contributed by atoms with Gasteiger partial charge in [0.15, 0.2) is 0 Å². The Kier molecular flexibility index (Phi) is 6.43. The van der Waals surface area contributed by atoms with Crippen molar-refractivity contribution in [1.82, 2.24) is 10.2 Å². The number of sulfonamides is 1. The van der Waals surface area contributed by atoms with Crippen LogP contribution in [-0.4, -0.2) is 37.1 Å². The summed E-state index contributed by atoms with van der Waals surface area (Å²) in [6.07, 6.45) is 0. The molecule has 2 aromatic carbocycles. The number of carbonyl (C=O) groups excluding carboxylic acids is 2. The first-order valence-corrected chi connectivity index (χ1v) is 11.1. The molecule has 11 heteroatoms. The predicted molar refractivity (Wildman–Crippen MR) is 112 cm³/mol. The number of para-hydroxylation sites is 1. The van der Waals surface area contributed by atoms with Crippen LogP contribution in [0, 0.1) is 6.92 Å². The molecular weight excluding hydrogens is 428 g/mol. The third-order valence-electron chi connectivity index (χ3n) is 3.80. The molecule has 2 N–H and O–H groups in total. The van der Waals surface area contributed by atoms with Gasteiger partial charge in [-0.05, 0) is 38.1 Å². The Morgan fingerprint density at radius 2 is 1.87 bits per heavy atom. The zero-order valence-corrected chi connectivity index (χ0v) is 17.7. The second kappa shape index (κ2) is 9.01. The summed E-state index contributed by atoms with van der Waals surface area (Å²) in [7, 11) is -4.13. The molecule has 0 aliphatic rings. The first kappa shape index (κ1) is 21.4. The molecule has 0 bridgehead atoms. The number of hydrogen-bond acceptors (Lipinski definition) is 8. The van der Waals surface area contributed by atoms with Crippen molar-refractivity contribution in [3.63, 3.8) is 0 Å².